The molecule has 0 atom stereocenters. The van der Waals surface area contributed by atoms with E-state index in [-0.39, 0.29) is 5.78 Å². The highest BCUT2D eigenvalue weighted by Gasteiger charge is 2.20. The van der Waals surface area contributed by atoms with Gasteiger partial charge in [0.2, 0.25) is 11.6 Å². The number of hydrogen-bond acceptors (Lipinski definition) is 4. The third-order valence-corrected chi connectivity index (χ3v) is 3.86. The SMILES string of the molecule is Cc1c(C)n(Cc2ccc(Cl)nc2)c2nc(C(F)F)nn2c1=O. The molecule has 0 aliphatic heterocycles. The van der Waals surface area contributed by atoms with Crippen molar-refractivity contribution < 1.29 is 8.78 Å². The zero-order valence-corrected chi connectivity index (χ0v) is 13.1. The van der Waals surface area contributed by atoms with E-state index in [9.17, 15) is 13.6 Å². The van der Waals surface area contributed by atoms with Gasteiger partial charge in [0.1, 0.15) is 5.15 Å². The van der Waals surface area contributed by atoms with Crippen LogP contribution >= 0.6 is 11.6 Å². The fraction of sp³-hybridized carbons (Fsp3) is 0.286. The molecule has 6 nitrogen and oxygen atoms in total. The van der Waals surface area contributed by atoms with Gasteiger partial charge in [-0.1, -0.05) is 17.7 Å². The summed E-state index contributed by atoms with van der Waals surface area (Å²) in [7, 11) is 0. The Hall–Kier alpha value is -2.35. The average Bonchev–Trinajstić information content (AvgIpc) is 2.97. The predicted molar refractivity (Wildman–Crippen MR) is 80.0 cm³/mol. The molecule has 120 valence electrons. The summed E-state index contributed by atoms with van der Waals surface area (Å²) in [5.41, 5.74) is 1.39. The summed E-state index contributed by atoms with van der Waals surface area (Å²) in [5.74, 6) is -0.599. The second-order valence-electron chi connectivity index (χ2n) is 5.07. The van der Waals surface area contributed by atoms with E-state index in [0.29, 0.717) is 23.0 Å². The summed E-state index contributed by atoms with van der Waals surface area (Å²) in [6.45, 7) is 3.66. The lowest BCUT2D eigenvalue weighted by Gasteiger charge is -2.13. The molecule has 3 rings (SSSR count). The number of aromatic nitrogens is 5. The van der Waals surface area contributed by atoms with Crippen LogP contribution in [0.3, 0.4) is 0 Å². The van der Waals surface area contributed by atoms with E-state index in [1.807, 2.05) is 0 Å². The Balaban J connectivity index is 2.22. The van der Waals surface area contributed by atoms with Crippen LogP contribution in [0.1, 0.15) is 29.1 Å². The number of halogens is 3. The van der Waals surface area contributed by atoms with Gasteiger partial charge in [-0.25, -0.2) is 13.8 Å². The van der Waals surface area contributed by atoms with Crippen LogP contribution in [0, 0.1) is 13.8 Å². The minimum Gasteiger partial charge on any atom is -0.309 e. The van der Waals surface area contributed by atoms with Gasteiger partial charge in [-0.3, -0.25) is 4.79 Å². The smallest absolute Gasteiger partial charge is 0.299 e. The molecule has 0 unspecified atom stereocenters. The first-order valence-corrected chi connectivity index (χ1v) is 7.11. The van der Waals surface area contributed by atoms with Gasteiger partial charge in [0, 0.05) is 17.5 Å². The number of nitrogens with zero attached hydrogens (tertiary/aromatic N) is 5. The Morgan fingerprint density at radius 2 is 2.04 bits per heavy atom. The highest BCUT2D eigenvalue weighted by molar-refractivity contribution is 6.29. The van der Waals surface area contributed by atoms with Crippen LogP contribution < -0.4 is 5.56 Å². The third kappa shape index (κ3) is 2.70. The minimum atomic E-state index is -2.85. The summed E-state index contributed by atoms with van der Waals surface area (Å²) in [6.07, 6.45) is -1.27. The summed E-state index contributed by atoms with van der Waals surface area (Å²) < 4.78 is 28.3. The van der Waals surface area contributed by atoms with Crippen molar-refractivity contribution in [3.05, 3.63) is 56.5 Å². The van der Waals surface area contributed by atoms with Gasteiger partial charge in [-0.15, -0.1) is 5.10 Å². The molecular formula is C14H12ClF2N5O. The fourth-order valence-electron chi connectivity index (χ4n) is 2.26. The number of fused-ring (bicyclic) bond motifs is 1. The maximum absolute atomic E-state index is 12.9. The van der Waals surface area contributed by atoms with E-state index in [0.717, 1.165) is 10.1 Å². The Bertz CT molecular complexity index is 933. The Morgan fingerprint density at radius 1 is 1.30 bits per heavy atom. The Kier molecular flexibility index (Phi) is 3.85. The molecule has 0 bridgehead atoms. The predicted octanol–water partition coefficient (Wildman–Crippen LogP) is 2.54. The van der Waals surface area contributed by atoms with Crippen LogP contribution in [0.25, 0.3) is 5.78 Å². The number of hydrogen-bond donors (Lipinski definition) is 0. The largest absolute Gasteiger partial charge is 0.309 e. The standard InChI is InChI=1S/C14H12ClF2N5O/c1-7-8(2)21(6-9-3-4-10(15)18-5-9)14-19-12(11(16)17)20-22(14)13(7)23/h3-5,11H,6H2,1-2H3. The van der Waals surface area contributed by atoms with Crippen molar-refractivity contribution in [3.63, 3.8) is 0 Å². The topological polar surface area (TPSA) is 65.1 Å². The van der Waals surface area contributed by atoms with Gasteiger partial charge >= 0.3 is 0 Å². The quantitative estimate of drug-likeness (QED) is 0.688. The molecule has 0 N–H and O–H groups in total. The van der Waals surface area contributed by atoms with Crippen molar-refractivity contribution in [2.45, 2.75) is 26.8 Å². The van der Waals surface area contributed by atoms with E-state index in [1.54, 1.807) is 36.7 Å². The van der Waals surface area contributed by atoms with Gasteiger partial charge in [0.15, 0.2) is 0 Å². The normalized spacial score (nSPS) is 11.6. The zero-order chi connectivity index (χ0) is 16.7. The van der Waals surface area contributed by atoms with Crippen LogP contribution in [0.5, 0.6) is 0 Å². The van der Waals surface area contributed by atoms with Crippen LogP contribution in [-0.2, 0) is 6.54 Å². The van der Waals surface area contributed by atoms with E-state index in [2.05, 4.69) is 15.1 Å². The van der Waals surface area contributed by atoms with E-state index >= 15 is 0 Å². The average molecular weight is 340 g/mol. The van der Waals surface area contributed by atoms with Crippen LogP contribution in [0.4, 0.5) is 8.78 Å². The molecule has 0 aliphatic rings. The first kappa shape index (κ1) is 15.5. The molecule has 3 aromatic rings. The van der Waals surface area contributed by atoms with Gasteiger partial charge in [0.05, 0.1) is 6.54 Å². The van der Waals surface area contributed by atoms with Gasteiger partial charge in [-0.2, -0.15) is 9.50 Å². The fourth-order valence-corrected chi connectivity index (χ4v) is 2.37. The molecule has 0 spiro atoms. The molecule has 3 aromatic heterocycles. The number of alkyl halides is 2. The van der Waals surface area contributed by atoms with Gasteiger partial charge in [0.25, 0.3) is 12.0 Å². The molecule has 23 heavy (non-hydrogen) atoms. The van der Waals surface area contributed by atoms with Crippen molar-refractivity contribution in [3.8, 4) is 0 Å². The van der Waals surface area contributed by atoms with E-state index in [4.69, 9.17) is 11.6 Å². The summed E-state index contributed by atoms with van der Waals surface area (Å²) >= 11 is 5.76. The van der Waals surface area contributed by atoms with E-state index < -0.39 is 17.8 Å². The Morgan fingerprint density at radius 3 is 2.65 bits per heavy atom. The molecular weight excluding hydrogens is 328 g/mol. The minimum absolute atomic E-state index is 0.0725. The summed E-state index contributed by atoms with van der Waals surface area (Å²) in [6, 6.07) is 3.40. The molecule has 0 saturated heterocycles. The molecule has 0 aromatic carbocycles. The van der Waals surface area contributed by atoms with Crippen molar-refractivity contribution in [1.29, 1.82) is 0 Å². The summed E-state index contributed by atoms with van der Waals surface area (Å²) in [4.78, 5) is 20.0. The second kappa shape index (κ2) is 5.69. The third-order valence-electron chi connectivity index (χ3n) is 3.63. The van der Waals surface area contributed by atoms with Gasteiger partial charge < -0.3 is 4.57 Å². The summed E-state index contributed by atoms with van der Waals surface area (Å²) in [5, 5.41) is 3.97. The van der Waals surface area contributed by atoms with Crippen LogP contribution in [-0.4, -0.2) is 24.1 Å². The van der Waals surface area contributed by atoms with Crippen molar-refractivity contribution >= 4 is 17.4 Å². The van der Waals surface area contributed by atoms with Gasteiger partial charge in [-0.05, 0) is 25.5 Å². The molecule has 0 saturated carbocycles. The lowest BCUT2D eigenvalue weighted by atomic mass is 10.2. The highest BCUT2D eigenvalue weighted by atomic mass is 35.5. The molecule has 0 radical (unpaired) electrons. The number of pyridine rings is 1. The maximum Gasteiger partial charge on any atom is 0.299 e. The lowest BCUT2D eigenvalue weighted by molar-refractivity contribution is 0.140. The zero-order valence-electron chi connectivity index (χ0n) is 12.3. The first-order valence-electron chi connectivity index (χ1n) is 6.73. The lowest BCUT2D eigenvalue weighted by Crippen LogP contribution is -2.24. The molecule has 9 heteroatoms. The van der Waals surface area contributed by atoms with Crippen LogP contribution in [0.15, 0.2) is 23.1 Å². The molecule has 0 fully saturated rings. The van der Waals surface area contributed by atoms with Crippen molar-refractivity contribution in [1.82, 2.24) is 24.1 Å². The molecule has 0 aliphatic carbocycles. The Labute approximate surface area is 134 Å². The first-order chi connectivity index (χ1) is 10.9. The maximum atomic E-state index is 12.9. The number of rotatable bonds is 3. The molecule has 0 amide bonds. The highest BCUT2D eigenvalue weighted by Crippen LogP contribution is 2.17. The molecule has 3 heterocycles. The van der Waals surface area contributed by atoms with Crippen molar-refractivity contribution in [2.75, 3.05) is 0 Å². The van der Waals surface area contributed by atoms with E-state index in [1.165, 1.54) is 0 Å². The van der Waals surface area contributed by atoms with Crippen molar-refractivity contribution in [2.24, 2.45) is 0 Å². The monoisotopic (exact) mass is 339 g/mol. The second-order valence-corrected chi connectivity index (χ2v) is 5.46. The van der Waals surface area contributed by atoms with Crippen LogP contribution in [0.2, 0.25) is 5.15 Å².